The van der Waals surface area contributed by atoms with Crippen molar-refractivity contribution in [2.45, 2.75) is 19.4 Å². The molecule has 0 radical (unpaired) electrons. The summed E-state index contributed by atoms with van der Waals surface area (Å²) in [5.41, 5.74) is 0.409. The molecule has 1 fully saturated rings. The van der Waals surface area contributed by atoms with Gasteiger partial charge in [-0.3, -0.25) is 9.59 Å². The summed E-state index contributed by atoms with van der Waals surface area (Å²) >= 11 is 5.68. The number of hydrogen-bond acceptors (Lipinski definition) is 3. The van der Waals surface area contributed by atoms with Crippen LogP contribution >= 0.6 is 11.6 Å². The average Bonchev–Trinajstić information content (AvgIpc) is 2.85. The first kappa shape index (κ1) is 16.7. The Morgan fingerprint density at radius 3 is 2.95 bits per heavy atom. The monoisotopic (exact) mass is 328 g/mol. The predicted molar refractivity (Wildman–Crippen MR) is 81.2 cm³/mol. The number of methoxy groups -OCH3 is 1. The van der Waals surface area contributed by atoms with Gasteiger partial charge in [-0.25, -0.2) is 4.39 Å². The van der Waals surface area contributed by atoms with Gasteiger partial charge >= 0.3 is 0 Å². The van der Waals surface area contributed by atoms with Gasteiger partial charge in [0.2, 0.25) is 11.8 Å². The minimum atomic E-state index is -0.546. The number of hydrogen-bond donors (Lipinski definition) is 1. The summed E-state index contributed by atoms with van der Waals surface area (Å²) in [6.45, 7) is 2.65. The second-order valence-corrected chi connectivity index (χ2v) is 5.78. The molecule has 120 valence electrons. The van der Waals surface area contributed by atoms with Crippen LogP contribution in [0.5, 0.6) is 0 Å². The molecule has 1 aromatic carbocycles. The van der Waals surface area contributed by atoms with Gasteiger partial charge in [0, 0.05) is 25.8 Å². The van der Waals surface area contributed by atoms with Crippen LogP contribution in [0, 0.1) is 11.7 Å². The maximum absolute atomic E-state index is 13.1. The van der Waals surface area contributed by atoms with E-state index in [1.807, 2.05) is 6.92 Å². The van der Waals surface area contributed by atoms with E-state index in [1.165, 1.54) is 18.2 Å². The number of rotatable bonds is 5. The number of carbonyl (C=O) groups is 2. The van der Waals surface area contributed by atoms with E-state index in [0.29, 0.717) is 18.8 Å². The Morgan fingerprint density at radius 2 is 2.32 bits per heavy atom. The van der Waals surface area contributed by atoms with Crippen molar-refractivity contribution in [1.29, 1.82) is 0 Å². The highest BCUT2D eigenvalue weighted by Gasteiger charge is 2.36. The van der Waals surface area contributed by atoms with E-state index in [-0.39, 0.29) is 29.3 Å². The third kappa shape index (κ3) is 3.75. The SMILES string of the molecule is COCC(C)N1CC(C(=O)Nc2ccc(F)c(Cl)c2)CC1=O. The first-order valence-corrected chi connectivity index (χ1v) is 7.34. The van der Waals surface area contributed by atoms with Crippen LogP contribution in [0.1, 0.15) is 13.3 Å². The minimum Gasteiger partial charge on any atom is -0.383 e. The molecule has 1 N–H and O–H groups in total. The normalized spacial score (nSPS) is 19.4. The molecule has 22 heavy (non-hydrogen) atoms. The van der Waals surface area contributed by atoms with Gasteiger partial charge in [-0.05, 0) is 25.1 Å². The molecule has 2 atom stereocenters. The molecule has 1 heterocycles. The number of nitrogens with zero attached hydrogens (tertiary/aromatic N) is 1. The number of amides is 2. The summed E-state index contributed by atoms with van der Waals surface area (Å²) in [7, 11) is 1.57. The van der Waals surface area contributed by atoms with Crippen LogP contribution in [0.25, 0.3) is 0 Å². The van der Waals surface area contributed by atoms with Gasteiger partial charge in [-0.15, -0.1) is 0 Å². The number of carbonyl (C=O) groups excluding carboxylic acids is 2. The number of halogens is 2. The molecule has 0 bridgehead atoms. The fraction of sp³-hybridized carbons (Fsp3) is 0.467. The minimum absolute atomic E-state index is 0.0596. The Morgan fingerprint density at radius 1 is 1.59 bits per heavy atom. The number of anilines is 1. The van der Waals surface area contributed by atoms with Crippen LogP contribution in [0.2, 0.25) is 5.02 Å². The van der Waals surface area contributed by atoms with Gasteiger partial charge in [0.05, 0.1) is 23.6 Å². The zero-order valence-corrected chi connectivity index (χ0v) is 13.2. The number of benzene rings is 1. The Hall–Kier alpha value is -1.66. The van der Waals surface area contributed by atoms with Gasteiger partial charge in [0.1, 0.15) is 5.82 Å². The maximum atomic E-state index is 13.1. The van der Waals surface area contributed by atoms with Gasteiger partial charge in [0.25, 0.3) is 0 Å². The summed E-state index contributed by atoms with van der Waals surface area (Å²) in [6, 6.07) is 3.89. The quantitative estimate of drug-likeness (QED) is 0.902. The largest absolute Gasteiger partial charge is 0.383 e. The number of nitrogens with one attached hydrogen (secondary N) is 1. The number of ether oxygens (including phenoxy) is 1. The molecule has 7 heteroatoms. The molecule has 0 aliphatic carbocycles. The van der Waals surface area contributed by atoms with Crippen molar-refractivity contribution in [2.75, 3.05) is 25.6 Å². The molecule has 2 amide bonds. The Bertz CT molecular complexity index is 582. The Kier molecular flexibility index (Phi) is 5.37. The van der Waals surface area contributed by atoms with Gasteiger partial charge < -0.3 is 15.0 Å². The van der Waals surface area contributed by atoms with Gasteiger partial charge in [0.15, 0.2) is 0 Å². The molecular weight excluding hydrogens is 311 g/mol. The van der Waals surface area contributed by atoms with Crippen molar-refractivity contribution in [3.8, 4) is 0 Å². The second kappa shape index (κ2) is 7.07. The Balaban J connectivity index is 1.99. The first-order chi connectivity index (χ1) is 10.4. The van der Waals surface area contributed by atoms with Crippen molar-refractivity contribution in [3.05, 3.63) is 29.0 Å². The summed E-state index contributed by atoms with van der Waals surface area (Å²) in [5, 5.41) is 2.60. The first-order valence-electron chi connectivity index (χ1n) is 6.96. The molecule has 2 unspecified atom stereocenters. The maximum Gasteiger partial charge on any atom is 0.229 e. The van der Waals surface area contributed by atoms with E-state index in [9.17, 15) is 14.0 Å². The lowest BCUT2D eigenvalue weighted by Crippen LogP contribution is -2.38. The number of likely N-dealkylation sites (tertiary alicyclic amines) is 1. The molecule has 0 saturated carbocycles. The fourth-order valence-electron chi connectivity index (χ4n) is 2.48. The lowest BCUT2D eigenvalue weighted by molar-refractivity contribution is -0.130. The van der Waals surface area contributed by atoms with Crippen molar-refractivity contribution >= 4 is 29.1 Å². The topological polar surface area (TPSA) is 58.6 Å². The molecule has 0 spiro atoms. The predicted octanol–water partition coefficient (Wildman–Crippen LogP) is 2.30. The van der Waals surface area contributed by atoms with Crippen LogP contribution in [0.4, 0.5) is 10.1 Å². The summed E-state index contributed by atoms with van der Waals surface area (Å²) in [4.78, 5) is 25.8. The molecule has 1 saturated heterocycles. The second-order valence-electron chi connectivity index (χ2n) is 5.37. The molecule has 2 rings (SSSR count). The van der Waals surface area contributed by atoms with Gasteiger partial charge in [-0.1, -0.05) is 11.6 Å². The van der Waals surface area contributed by atoms with E-state index < -0.39 is 11.7 Å². The zero-order chi connectivity index (χ0) is 16.3. The Labute approximate surface area is 133 Å². The van der Waals surface area contributed by atoms with E-state index in [1.54, 1.807) is 12.0 Å². The molecule has 1 aliphatic rings. The van der Waals surface area contributed by atoms with E-state index >= 15 is 0 Å². The zero-order valence-electron chi connectivity index (χ0n) is 12.4. The van der Waals surface area contributed by atoms with E-state index in [2.05, 4.69) is 5.32 Å². The van der Waals surface area contributed by atoms with Crippen molar-refractivity contribution in [2.24, 2.45) is 5.92 Å². The van der Waals surface area contributed by atoms with E-state index in [4.69, 9.17) is 16.3 Å². The molecule has 1 aliphatic heterocycles. The smallest absolute Gasteiger partial charge is 0.229 e. The van der Waals surface area contributed by atoms with Crippen molar-refractivity contribution in [1.82, 2.24) is 4.90 Å². The van der Waals surface area contributed by atoms with Crippen LogP contribution in [-0.4, -0.2) is 43.0 Å². The van der Waals surface area contributed by atoms with E-state index in [0.717, 1.165) is 0 Å². The van der Waals surface area contributed by atoms with Crippen molar-refractivity contribution < 1.29 is 18.7 Å². The van der Waals surface area contributed by atoms with Crippen LogP contribution in [-0.2, 0) is 14.3 Å². The summed E-state index contributed by atoms with van der Waals surface area (Å²) in [5.74, 6) is -1.32. The molecule has 0 aromatic heterocycles. The fourth-order valence-corrected chi connectivity index (χ4v) is 2.66. The standard InChI is InChI=1S/C15H18ClFN2O3/c1-9(8-22-2)19-7-10(5-14(19)20)15(21)18-11-3-4-13(17)12(16)6-11/h3-4,6,9-10H,5,7-8H2,1-2H3,(H,18,21). The highest BCUT2D eigenvalue weighted by molar-refractivity contribution is 6.31. The lowest BCUT2D eigenvalue weighted by atomic mass is 10.1. The third-order valence-electron chi connectivity index (χ3n) is 3.66. The van der Waals surface area contributed by atoms with Crippen molar-refractivity contribution in [3.63, 3.8) is 0 Å². The van der Waals surface area contributed by atoms with Crippen LogP contribution in [0.3, 0.4) is 0 Å². The summed E-state index contributed by atoms with van der Waals surface area (Å²) in [6.07, 6.45) is 0.162. The highest BCUT2D eigenvalue weighted by atomic mass is 35.5. The van der Waals surface area contributed by atoms with Crippen LogP contribution < -0.4 is 5.32 Å². The molecule has 1 aromatic rings. The van der Waals surface area contributed by atoms with Gasteiger partial charge in [-0.2, -0.15) is 0 Å². The molecule has 5 nitrogen and oxygen atoms in total. The third-order valence-corrected chi connectivity index (χ3v) is 3.95. The van der Waals surface area contributed by atoms with Crippen LogP contribution in [0.15, 0.2) is 18.2 Å². The molecular formula is C15H18ClFN2O3. The lowest BCUT2D eigenvalue weighted by Gasteiger charge is -2.23. The average molecular weight is 329 g/mol. The highest BCUT2D eigenvalue weighted by Crippen LogP contribution is 2.24. The summed E-state index contributed by atoms with van der Waals surface area (Å²) < 4.78 is 18.1.